The highest BCUT2D eigenvalue weighted by Crippen LogP contribution is 2.01. The van der Waals surface area contributed by atoms with Crippen LogP contribution in [0.15, 0.2) is 4.99 Å². The van der Waals surface area contributed by atoms with Crippen molar-refractivity contribution in [1.29, 1.82) is 0 Å². The van der Waals surface area contributed by atoms with E-state index in [9.17, 15) is 24.0 Å². The van der Waals surface area contributed by atoms with Gasteiger partial charge in [0, 0.05) is 6.54 Å². The molecule has 15 heteroatoms. The minimum atomic E-state index is -1.59. The van der Waals surface area contributed by atoms with Crippen molar-refractivity contribution in [2.24, 2.45) is 27.9 Å². The highest BCUT2D eigenvalue weighted by molar-refractivity contribution is 5.93. The maximum Gasteiger partial charge on any atom is 0.326 e. The number of nitrogens with two attached hydrogens (primary N) is 4. The van der Waals surface area contributed by atoms with Crippen LogP contribution >= 0.6 is 0 Å². The summed E-state index contributed by atoms with van der Waals surface area (Å²) in [5, 5.41) is 24.5. The van der Waals surface area contributed by atoms with Gasteiger partial charge in [0.25, 0.3) is 0 Å². The van der Waals surface area contributed by atoms with Crippen LogP contribution in [0.2, 0.25) is 0 Å². The predicted molar refractivity (Wildman–Crippen MR) is 103 cm³/mol. The Morgan fingerprint density at radius 2 is 1.60 bits per heavy atom. The molecule has 0 aliphatic rings. The Bertz CT molecular complexity index is 665. The van der Waals surface area contributed by atoms with E-state index in [1.165, 1.54) is 0 Å². The second-order valence-electron chi connectivity index (χ2n) is 6.15. The monoisotopic (exact) mass is 432 g/mol. The first-order valence-electron chi connectivity index (χ1n) is 8.78. The van der Waals surface area contributed by atoms with E-state index < -0.39 is 67.3 Å². The number of guanidine groups is 1. The predicted octanol–water partition coefficient (Wildman–Crippen LogP) is -5.59. The van der Waals surface area contributed by atoms with Crippen LogP contribution < -0.4 is 38.9 Å². The van der Waals surface area contributed by atoms with Gasteiger partial charge in [-0.3, -0.25) is 24.2 Å². The van der Waals surface area contributed by atoms with Gasteiger partial charge in [0.15, 0.2) is 5.96 Å². The molecule has 13 N–H and O–H groups in total. The molecule has 0 rings (SSSR count). The summed E-state index contributed by atoms with van der Waals surface area (Å²) in [5.74, 6) is -5.06. The number of aliphatic hydroxyl groups is 1. The molecule has 30 heavy (non-hydrogen) atoms. The lowest BCUT2D eigenvalue weighted by Crippen LogP contribution is -2.54. The van der Waals surface area contributed by atoms with Crippen molar-refractivity contribution in [2.75, 3.05) is 19.7 Å². The second-order valence-corrected chi connectivity index (χ2v) is 6.15. The van der Waals surface area contributed by atoms with Crippen molar-refractivity contribution in [3.63, 3.8) is 0 Å². The minimum absolute atomic E-state index is 0.0152. The van der Waals surface area contributed by atoms with Crippen molar-refractivity contribution < 1.29 is 34.2 Å². The summed E-state index contributed by atoms with van der Waals surface area (Å²) in [6, 6.07) is -4.03. The summed E-state index contributed by atoms with van der Waals surface area (Å²) in [6.45, 7) is -1.04. The minimum Gasteiger partial charge on any atom is -0.480 e. The van der Waals surface area contributed by atoms with Gasteiger partial charge < -0.3 is 49.1 Å². The zero-order chi connectivity index (χ0) is 23.3. The fourth-order valence-corrected chi connectivity index (χ4v) is 2.07. The second kappa shape index (κ2) is 13.7. The first-order valence-corrected chi connectivity index (χ1v) is 8.78. The lowest BCUT2D eigenvalue weighted by Gasteiger charge is -2.21. The average Bonchev–Trinajstić information content (AvgIpc) is 2.66. The van der Waals surface area contributed by atoms with E-state index in [2.05, 4.69) is 20.9 Å². The van der Waals surface area contributed by atoms with Crippen molar-refractivity contribution in [2.45, 2.75) is 37.4 Å². The zero-order valence-electron chi connectivity index (χ0n) is 16.2. The maximum absolute atomic E-state index is 12.4. The number of carbonyl (C=O) groups is 5. The SMILES string of the molecule is NC(=O)CC(NC(=O)C(CCCN=C(N)N)NC(=O)CNC(=O)C(N)CO)C(=O)O. The number of amides is 4. The van der Waals surface area contributed by atoms with E-state index in [1.807, 2.05) is 0 Å². The number of carbonyl (C=O) groups excluding carboxylic acids is 4. The van der Waals surface area contributed by atoms with E-state index in [-0.39, 0.29) is 25.3 Å². The topological polar surface area (TPSA) is 278 Å². The van der Waals surface area contributed by atoms with Crippen molar-refractivity contribution >= 4 is 35.6 Å². The lowest BCUT2D eigenvalue weighted by molar-refractivity contribution is -0.143. The van der Waals surface area contributed by atoms with E-state index in [4.69, 9.17) is 33.1 Å². The van der Waals surface area contributed by atoms with Gasteiger partial charge in [0.1, 0.15) is 18.1 Å². The summed E-state index contributed by atoms with van der Waals surface area (Å²) in [5.41, 5.74) is 20.7. The smallest absolute Gasteiger partial charge is 0.326 e. The number of aliphatic carboxylic acids is 1. The molecule has 0 spiro atoms. The van der Waals surface area contributed by atoms with Crippen LogP contribution in [0.5, 0.6) is 0 Å². The number of nitrogens with zero attached hydrogens (tertiary/aromatic N) is 1. The molecule has 0 bridgehead atoms. The summed E-state index contributed by atoms with van der Waals surface area (Å²) in [6.07, 6.45) is -0.391. The number of hydrogen-bond acceptors (Lipinski definition) is 8. The molecule has 4 amide bonds. The summed E-state index contributed by atoms with van der Waals surface area (Å²) in [4.78, 5) is 61.9. The van der Waals surface area contributed by atoms with E-state index in [0.717, 1.165) is 0 Å². The van der Waals surface area contributed by atoms with Crippen LogP contribution in [0.25, 0.3) is 0 Å². The molecule has 0 saturated heterocycles. The Hall–Kier alpha value is -3.46. The van der Waals surface area contributed by atoms with Gasteiger partial charge in [0.2, 0.25) is 23.6 Å². The van der Waals surface area contributed by atoms with Crippen molar-refractivity contribution in [1.82, 2.24) is 16.0 Å². The van der Waals surface area contributed by atoms with Crippen LogP contribution in [0.3, 0.4) is 0 Å². The van der Waals surface area contributed by atoms with Gasteiger partial charge >= 0.3 is 5.97 Å². The standard InChI is InChI=1S/C15H28N8O7/c16-7(6-24)12(27)21-5-11(26)22-8(2-1-3-20-15(18)19)13(28)23-9(14(29)30)4-10(17)25/h7-9,24H,1-6,16H2,(H2,17,25)(H,21,27)(H,22,26)(H,23,28)(H,29,30)(H4,18,19,20). The summed E-state index contributed by atoms with van der Waals surface area (Å²) >= 11 is 0. The van der Waals surface area contributed by atoms with E-state index >= 15 is 0 Å². The van der Waals surface area contributed by atoms with E-state index in [1.54, 1.807) is 0 Å². The third-order valence-electron chi connectivity index (χ3n) is 3.57. The zero-order valence-corrected chi connectivity index (χ0v) is 16.2. The van der Waals surface area contributed by atoms with Gasteiger partial charge in [-0.25, -0.2) is 4.79 Å². The molecule has 15 nitrogen and oxygen atoms in total. The molecule has 3 atom stereocenters. The average molecular weight is 432 g/mol. The highest BCUT2D eigenvalue weighted by atomic mass is 16.4. The number of hydrogen-bond donors (Lipinski definition) is 9. The van der Waals surface area contributed by atoms with Crippen molar-refractivity contribution in [3.8, 4) is 0 Å². The molecule has 0 aromatic heterocycles. The van der Waals surface area contributed by atoms with Crippen LogP contribution in [-0.2, 0) is 24.0 Å². The van der Waals surface area contributed by atoms with Crippen LogP contribution in [0, 0.1) is 0 Å². The largest absolute Gasteiger partial charge is 0.480 e. The molecule has 170 valence electrons. The van der Waals surface area contributed by atoms with Gasteiger partial charge in [-0.1, -0.05) is 0 Å². The van der Waals surface area contributed by atoms with Gasteiger partial charge in [-0.2, -0.15) is 0 Å². The van der Waals surface area contributed by atoms with Crippen LogP contribution in [0.4, 0.5) is 0 Å². The molecule has 0 aromatic carbocycles. The molecule has 0 saturated carbocycles. The number of primary amides is 1. The molecule has 0 radical (unpaired) electrons. The van der Waals surface area contributed by atoms with Gasteiger partial charge in [-0.05, 0) is 12.8 Å². The molecule has 0 aliphatic carbocycles. The van der Waals surface area contributed by atoms with E-state index in [0.29, 0.717) is 0 Å². The fourth-order valence-electron chi connectivity index (χ4n) is 2.07. The highest BCUT2D eigenvalue weighted by Gasteiger charge is 2.27. The summed E-state index contributed by atoms with van der Waals surface area (Å²) in [7, 11) is 0. The number of rotatable bonds is 14. The Morgan fingerprint density at radius 3 is 2.10 bits per heavy atom. The van der Waals surface area contributed by atoms with Crippen molar-refractivity contribution in [3.05, 3.63) is 0 Å². The Kier molecular flexibility index (Phi) is 12.1. The van der Waals surface area contributed by atoms with Gasteiger partial charge in [0.05, 0.1) is 19.6 Å². The molecular formula is C15H28N8O7. The Morgan fingerprint density at radius 1 is 0.967 bits per heavy atom. The first-order chi connectivity index (χ1) is 14.0. The molecule has 3 unspecified atom stereocenters. The third kappa shape index (κ3) is 11.4. The molecule has 0 heterocycles. The summed E-state index contributed by atoms with van der Waals surface area (Å²) < 4.78 is 0. The molecule has 0 fully saturated rings. The number of aliphatic imine (C=N–C) groups is 1. The lowest BCUT2D eigenvalue weighted by atomic mass is 10.1. The molecule has 0 aromatic rings. The maximum atomic E-state index is 12.4. The molecule has 0 aliphatic heterocycles. The fraction of sp³-hybridized carbons (Fsp3) is 0.600. The number of carboxylic acids is 1. The third-order valence-corrected chi connectivity index (χ3v) is 3.57. The van der Waals surface area contributed by atoms with Crippen LogP contribution in [0.1, 0.15) is 19.3 Å². The first kappa shape index (κ1) is 26.5. The Labute approximate surface area is 171 Å². The van der Waals surface area contributed by atoms with Crippen LogP contribution in [-0.4, -0.2) is 83.6 Å². The molecular weight excluding hydrogens is 404 g/mol. The Balaban J connectivity index is 5.06. The normalized spacial score (nSPS) is 13.3. The number of carboxylic acid groups (broad SMARTS) is 1. The number of nitrogens with one attached hydrogen (secondary N) is 3. The van der Waals surface area contributed by atoms with Gasteiger partial charge in [-0.15, -0.1) is 0 Å². The number of aliphatic hydroxyl groups excluding tert-OH is 1. The quantitative estimate of drug-likeness (QED) is 0.0712.